The second-order valence-corrected chi connectivity index (χ2v) is 4.85. The molecule has 2 atom stereocenters. The zero-order chi connectivity index (χ0) is 14.0. The molecule has 0 radical (unpaired) electrons. The van der Waals surface area contributed by atoms with E-state index in [-0.39, 0.29) is 18.3 Å². The maximum atomic E-state index is 12.4. The lowest BCUT2D eigenvalue weighted by Crippen LogP contribution is -2.22. The predicted octanol–water partition coefficient (Wildman–Crippen LogP) is 3.38. The Morgan fingerprint density at radius 1 is 1.26 bits per heavy atom. The Balaban J connectivity index is 1.98. The van der Waals surface area contributed by atoms with Crippen molar-refractivity contribution in [3.63, 3.8) is 0 Å². The van der Waals surface area contributed by atoms with Crippen molar-refractivity contribution >= 4 is 5.78 Å². The quantitative estimate of drug-likeness (QED) is 0.843. The van der Waals surface area contributed by atoms with Gasteiger partial charge in [0.2, 0.25) is 0 Å². The minimum Gasteiger partial charge on any atom is -0.367 e. The summed E-state index contributed by atoms with van der Waals surface area (Å²) in [7, 11) is 0. The van der Waals surface area contributed by atoms with E-state index in [0.717, 1.165) is 18.6 Å². The molecule has 1 aliphatic rings. The van der Waals surface area contributed by atoms with E-state index in [9.17, 15) is 18.0 Å². The van der Waals surface area contributed by atoms with Crippen molar-refractivity contribution in [2.75, 3.05) is 0 Å². The first kappa shape index (κ1) is 14.1. The first-order valence-corrected chi connectivity index (χ1v) is 6.20. The molecule has 1 heterocycles. The van der Waals surface area contributed by atoms with Crippen molar-refractivity contribution in [3.8, 4) is 0 Å². The Labute approximate surface area is 109 Å². The average molecular weight is 272 g/mol. The molecule has 1 fully saturated rings. The molecule has 0 N–H and O–H groups in total. The van der Waals surface area contributed by atoms with E-state index in [4.69, 9.17) is 4.74 Å². The van der Waals surface area contributed by atoms with Crippen molar-refractivity contribution in [3.05, 3.63) is 35.4 Å². The fourth-order valence-electron chi connectivity index (χ4n) is 2.17. The summed E-state index contributed by atoms with van der Waals surface area (Å²) < 4.78 is 42.6. The van der Waals surface area contributed by atoms with Crippen LogP contribution in [-0.2, 0) is 22.1 Å². The van der Waals surface area contributed by atoms with Gasteiger partial charge in [-0.3, -0.25) is 4.79 Å². The molecule has 2 nitrogen and oxygen atoms in total. The van der Waals surface area contributed by atoms with Crippen molar-refractivity contribution in [2.24, 2.45) is 0 Å². The van der Waals surface area contributed by atoms with Gasteiger partial charge in [0, 0.05) is 6.42 Å². The lowest BCUT2D eigenvalue weighted by Gasteiger charge is -2.11. The number of carbonyl (C=O) groups excluding carboxylic acids is 1. The van der Waals surface area contributed by atoms with Crippen molar-refractivity contribution in [2.45, 2.75) is 44.6 Å². The molecule has 0 saturated carbocycles. The number of ether oxygens (including phenoxy) is 1. The normalized spacial score (nSPS) is 23.6. The molecule has 104 valence electrons. The molecular formula is C14H15F3O2. The molecule has 0 amide bonds. The number of Topliss-reactive ketones (excluding diaryl/α,β-unsaturated/α-hetero) is 1. The maximum absolute atomic E-state index is 12.4. The van der Waals surface area contributed by atoms with Crippen LogP contribution in [0.3, 0.4) is 0 Å². The van der Waals surface area contributed by atoms with Gasteiger partial charge in [0.15, 0.2) is 5.78 Å². The lowest BCUT2D eigenvalue weighted by molar-refractivity contribution is -0.137. The van der Waals surface area contributed by atoms with Crippen LogP contribution in [0.15, 0.2) is 24.3 Å². The van der Waals surface area contributed by atoms with E-state index in [1.54, 1.807) is 0 Å². The Bertz CT molecular complexity index is 451. The van der Waals surface area contributed by atoms with Gasteiger partial charge in [-0.15, -0.1) is 0 Å². The number of rotatable bonds is 3. The van der Waals surface area contributed by atoms with Gasteiger partial charge in [-0.05, 0) is 37.5 Å². The van der Waals surface area contributed by atoms with Crippen LogP contribution >= 0.6 is 0 Å². The van der Waals surface area contributed by atoms with E-state index in [2.05, 4.69) is 0 Å². The topological polar surface area (TPSA) is 26.3 Å². The van der Waals surface area contributed by atoms with Crippen LogP contribution in [0.25, 0.3) is 0 Å². The zero-order valence-corrected chi connectivity index (χ0v) is 10.5. The minimum atomic E-state index is -4.34. The van der Waals surface area contributed by atoms with Gasteiger partial charge >= 0.3 is 6.18 Å². The van der Waals surface area contributed by atoms with E-state index in [1.807, 2.05) is 6.92 Å². The van der Waals surface area contributed by atoms with Crippen LogP contribution in [0.2, 0.25) is 0 Å². The smallest absolute Gasteiger partial charge is 0.367 e. The number of carbonyl (C=O) groups is 1. The number of benzene rings is 1. The summed E-state index contributed by atoms with van der Waals surface area (Å²) in [6.45, 7) is 1.91. The third-order valence-electron chi connectivity index (χ3n) is 3.25. The van der Waals surface area contributed by atoms with E-state index >= 15 is 0 Å². The van der Waals surface area contributed by atoms with Gasteiger partial charge in [0.1, 0.15) is 6.10 Å². The number of hydrogen-bond donors (Lipinski definition) is 0. The highest BCUT2D eigenvalue weighted by molar-refractivity contribution is 5.85. The van der Waals surface area contributed by atoms with Gasteiger partial charge < -0.3 is 4.74 Å². The number of halogens is 3. The summed E-state index contributed by atoms with van der Waals surface area (Å²) in [5, 5.41) is 0. The fraction of sp³-hybridized carbons (Fsp3) is 0.500. The van der Waals surface area contributed by atoms with Crippen LogP contribution in [0.5, 0.6) is 0 Å². The predicted molar refractivity (Wildman–Crippen MR) is 63.7 cm³/mol. The van der Waals surface area contributed by atoms with Crippen LogP contribution in [0, 0.1) is 0 Å². The van der Waals surface area contributed by atoms with E-state index in [1.165, 1.54) is 12.1 Å². The second-order valence-electron chi connectivity index (χ2n) is 4.85. The highest BCUT2D eigenvalue weighted by Crippen LogP contribution is 2.29. The molecular weight excluding hydrogens is 257 g/mol. The summed E-state index contributed by atoms with van der Waals surface area (Å²) in [5.41, 5.74) is -0.115. The van der Waals surface area contributed by atoms with Gasteiger partial charge in [-0.1, -0.05) is 12.1 Å². The molecule has 19 heavy (non-hydrogen) atoms. The number of hydrogen-bond acceptors (Lipinski definition) is 2. The van der Waals surface area contributed by atoms with Gasteiger partial charge in [-0.2, -0.15) is 13.2 Å². The van der Waals surface area contributed by atoms with Crippen molar-refractivity contribution in [1.29, 1.82) is 0 Å². The molecule has 0 spiro atoms. The Morgan fingerprint density at radius 2 is 1.89 bits per heavy atom. The average Bonchev–Trinajstić information content (AvgIpc) is 2.75. The molecule has 0 aliphatic carbocycles. The highest BCUT2D eigenvalue weighted by atomic mass is 19.4. The molecule has 5 heteroatoms. The molecule has 1 aromatic rings. The maximum Gasteiger partial charge on any atom is 0.416 e. The summed E-state index contributed by atoms with van der Waals surface area (Å²) in [6.07, 6.45) is -3.00. The Hall–Kier alpha value is -1.36. The van der Waals surface area contributed by atoms with Crippen molar-refractivity contribution in [1.82, 2.24) is 0 Å². The summed E-state index contributed by atoms with van der Waals surface area (Å²) in [6, 6.07) is 4.69. The van der Waals surface area contributed by atoms with Crippen LogP contribution in [-0.4, -0.2) is 18.0 Å². The highest BCUT2D eigenvalue weighted by Gasteiger charge is 2.31. The molecule has 0 aromatic heterocycles. The fourth-order valence-corrected chi connectivity index (χ4v) is 2.17. The standard InChI is InChI=1S/C14H15F3O2/c1-9-2-7-13(19-9)12(18)8-10-3-5-11(6-4-10)14(15,16)17/h3-6,9,13H,2,7-8H2,1H3. The van der Waals surface area contributed by atoms with Gasteiger partial charge in [0.05, 0.1) is 11.7 Å². The van der Waals surface area contributed by atoms with Crippen LogP contribution < -0.4 is 0 Å². The first-order valence-electron chi connectivity index (χ1n) is 6.20. The SMILES string of the molecule is CC1CCC(C(=O)Cc2ccc(C(F)(F)F)cc2)O1. The zero-order valence-electron chi connectivity index (χ0n) is 10.5. The Morgan fingerprint density at radius 3 is 2.37 bits per heavy atom. The molecule has 2 unspecified atom stereocenters. The van der Waals surface area contributed by atoms with Crippen LogP contribution in [0.4, 0.5) is 13.2 Å². The third kappa shape index (κ3) is 3.56. The molecule has 1 aliphatic heterocycles. The summed E-state index contributed by atoms with van der Waals surface area (Å²) in [5.74, 6) is -0.0656. The van der Waals surface area contributed by atoms with Crippen LogP contribution in [0.1, 0.15) is 30.9 Å². The molecule has 1 saturated heterocycles. The third-order valence-corrected chi connectivity index (χ3v) is 3.25. The first-order chi connectivity index (χ1) is 8.86. The van der Waals surface area contributed by atoms with E-state index in [0.29, 0.717) is 12.0 Å². The van der Waals surface area contributed by atoms with Gasteiger partial charge in [-0.25, -0.2) is 0 Å². The van der Waals surface area contributed by atoms with Gasteiger partial charge in [0.25, 0.3) is 0 Å². The molecule has 2 rings (SSSR count). The monoisotopic (exact) mass is 272 g/mol. The van der Waals surface area contributed by atoms with Crippen molar-refractivity contribution < 1.29 is 22.7 Å². The lowest BCUT2D eigenvalue weighted by atomic mass is 10.0. The largest absolute Gasteiger partial charge is 0.416 e. The Kier molecular flexibility index (Phi) is 3.94. The molecule has 0 bridgehead atoms. The number of ketones is 1. The molecule has 1 aromatic carbocycles. The minimum absolute atomic E-state index is 0.0656. The van der Waals surface area contributed by atoms with E-state index < -0.39 is 17.8 Å². The summed E-state index contributed by atoms with van der Waals surface area (Å²) >= 11 is 0. The number of alkyl halides is 3. The summed E-state index contributed by atoms with van der Waals surface area (Å²) in [4.78, 5) is 11.9. The second kappa shape index (κ2) is 5.33.